The summed E-state index contributed by atoms with van der Waals surface area (Å²) in [6.07, 6.45) is 0.841. The molecule has 0 aliphatic carbocycles. The smallest absolute Gasteiger partial charge is 0.326 e. The molecule has 6 heteroatoms. The van der Waals surface area contributed by atoms with E-state index in [2.05, 4.69) is 5.32 Å². The number of carbonyl (C=O) groups is 2. The maximum atomic E-state index is 11.5. The Kier molecular flexibility index (Phi) is 6.48. The van der Waals surface area contributed by atoms with Gasteiger partial charge in [-0.05, 0) is 34.0 Å². The molecule has 0 saturated heterocycles. The van der Waals surface area contributed by atoms with Gasteiger partial charge in [0.15, 0.2) is 0 Å². The quantitative estimate of drug-likeness (QED) is 0.634. The lowest BCUT2D eigenvalue weighted by atomic mass is 10.3. The number of carboxylic acid groups (broad SMARTS) is 1. The van der Waals surface area contributed by atoms with E-state index >= 15 is 0 Å². The van der Waals surface area contributed by atoms with Gasteiger partial charge in [0.2, 0.25) is 0 Å². The van der Waals surface area contributed by atoms with Gasteiger partial charge >= 0.3 is 12.0 Å². The second-order valence-corrected chi connectivity index (χ2v) is 4.01. The second kappa shape index (κ2) is 7.05. The monoisotopic (exact) mass is 231 g/mol. The van der Waals surface area contributed by atoms with E-state index in [1.165, 1.54) is 18.9 Å². The normalized spacial score (nSPS) is 12.3. The Labute approximate surface area is 96.2 Å². The molecule has 0 radical (unpaired) electrons. The number of hydrogen-bond acceptors (Lipinski definition) is 3. The minimum absolute atomic E-state index is 0.353. The molecule has 0 bridgehead atoms. The molecule has 0 aromatic rings. The Morgan fingerprint density at radius 1 is 1.31 bits per heavy atom. The Morgan fingerprint density at radius 3 is 2.31 bits per heavy atom. The van der Waals surface area contributed by atoms with Crippen molar-refractivity contribution in [1.29, 1.82) is 0 Å². The van der Waals surface area contributed by atoms with E-state index in [1.807, 2.05) is 19.0 Å². The predicted octanol–water partition coefficient (Wildman–Crippen LogP) is 0.0526. The molecule has 6 nitrogen and oxygen atoms in total. The van der Waals surface area contributed by atoms with Crippen molar-refractivity contribution >= 4 is 12.0 Å². The highest BCUT2D eigenvalue weighted by molar-refractivity contribution is 5.82. The summed E-state index contributed by atoms with van der Waals surface area (Å²) >= 11 is 0. The number of carboxylic acids is 1. The maximum absolute atomic E-state index is 11.5. The van der Waals surface area contributed by atoms with Gasteiger partial charge < -0.3 is 20.2 Å². The number of rotatable bonds is 6. The summed E-state index contributed by atoms with van der Waals surface area (Å²) in [5, 5.41) is 11.4. The first kappa shape index (κ1) is 14.7. The highest BCUT2D eigenvalue weighted by Crippen LogP contribution is 1.95. The third kappa shape index (κ3) is 5.55. The average Bonchev–Trinajstić information content (AvgIpc) is 2.21. The average molecular weight is 231 g/mol. The van der Waals surface area contributed by atoms with E-state index in [0.717, 1.165) is 13.0 Å². The standard InChI is InChI=1S/C10H21N3O3/c1-8(9(14)15)13(4)10(16)11-6-5-7-12(2)3/h8H,5-7H2,1-4H3,(H,11,16)(H,14,15). The molecule has 0 rings (SSSR count). The minimum Gasteiger partial charge on any atom is -0.480 e. The molecular formula is C10H21N3O3. The van der Waals surface area contributed by atoms with E-state index in [-0.39, 0.29) is 6.03 Å². The topological polar surface area (TPSA) is 72.9 Å². The molecule has 16 heavy (non-hydrogen) atoms. The van der Waals surface area contributed by atoms with Crippen molar-refractivity contribution in [2.45, 2.75) is 19.4 Å². The molecule has 2 amide bonds. The summed E-state index contributed by atoms with van der Waals surface area (Å²) < 4.78 is 0. The third-order valence-electron chi connectivity index (χ3n) is 2.32. The van der Waals surface area contributed by atoms with Crippen LogP contribution < -0.4 is 5.32 Å². The molecular weight excluding hydrogens is 210 g/mol. The molecule has 94 valence electrons. The predicted molar refractivity (Wildman–Crippen MR) is 61.4 cm³/mol. The number of nitrogens with one attached hydrogen (secondary N) is 1. The van der Waals surface area contributed by atoms with E-state index in [4.69, 9.17) is 5.11 Å². The minimum atomic E-state index is -1.01. The second-order valence-electron chi connectivity index (χ2n) is 4.01. The van der Waals surface area contributed by atoms with Crippen LogP contribution in [0.5, 0.6) is 0 Å². The third-order valence-corrected chi connectivity index (χ3v) is 2.32. The molecule has 0 spiro atoms. The summed E-state index contributed by atoms with van der Waals surface area (Å²) in [6, 6.07) is -1.16. The Morgan fingerprint density at radius 2 is 1.88 bits per heavy atom. The molecule has 0 saturated carbocycles. The van der Waals surface area contributed by atoms with Crippen LogP contribution >= 0.6 is 0 Å². The van der Waals surface area contributed by atoms with E-state index < -0.39 is 12.0 Å². The number of hydrogen-bond donors (Lipinski definition) is 2. The first-order chi connectivity index (χ1) is 7.36. The highest BCUT2D eigenvalue weighted by Gasteiger charge is 2.20. The fourth-order valence-corrected chi connectivity index (χ4v) is 1.06. The number of likely N-dealkylation sites (N-methyl/N-ethyl adjacent to an activating group) is 1. The van der Waals surface area contributed by atoms with Crippen molar-refractivity contribution in [3.63, 3.8) is 0 Å². The number of aliphatic carboxylic acids is 1. The number of amides is 2. The number of urea groups is 1. The van der Waals surface area contributed by atoms with Gasteiger partial charge in [0.1, 0.15) is 6.04 Å². The summed E-state index contributed by atoms with van der Waals surface area (Å²) in [5.74, 6) is -1.01. The van der Waals surface area contributed by atoms with Crippen LogP contribution in [-0.4, -0.2) is 67.2 Å². The fourth-order valence-electron chi connectivity index (χ4n) is 1.06. The summed E-state index contributed by atoms with van der Waals surface area (Å²) in [7, 11) is 5.39. The zero-order valence-corrected chi connectivity index (χ0v) is 10.4. The molecule has 2 N–H and O–H groups in total. The van der Waals surface area contributed by atoms with Crippen LogP contribution in [0.25, 0.3) is 0 Å². The van der Waals surface area contributed by atoms with Gasteiger partial charge in [-0.15, -0.1) is 0 Å². The SMILES string of the molecule is CC(C(=O)O)N(C)C(=O)NCCCN(C)C. The van der Waals surface area contributed by atoms with Crippen molar-refractivity contribution < 1.29 is 14.7 Å². The Hall–Kier alpha value is -1.30. The lowest BCUT2D eigenvalue weighted by Crippen LogP contribution is -2.46. The van der Waals surface area contributed by atoms with Gasteiger partial charge in [-0.2, -0.15) is 0 Å². The van der Waals surface area contributed by atoms with Gasteiger partial charge in [0.05, 0.1) is 0 Å². The molecule has 0 aliphatic rings. The van der Waals surface area contributed by atoms with E-state index in [1.54, 1.807) is 0 Å². The van der Waals surface area contributed by atoms with Crippen LogP contribution in [-0.2, 0) is 4.79 Å². The van der Waals surface area contributed by atoms with Gasteiger partial charge in [-0.1, -0.05) is 0 Å². The summed E-state index contributed by atoms with van der Waals surface area (Å²) in [5.41, 5.74) is 0. The molecule has 0 aromatic carbocycles. The first-order valence-corrected chi connectivity index (χ1v) is 5.24. The van der Waals surface area contributed by atoms with Gasteiger partial charge in [-0.25, -0.2) is 9.59 Å². The number of nitrogens with zero attached hydrogens (tertiary/aromatic N) is 2. The molecule has 0 aromatic heterocycles. The molecule has 1 unspecified atom stereocenters. The van der Waals surface area contributed by atoms with Crippen LogP contribution in [0.1, 0.15) is 13.3 Å². The van der Waals surface area contributed by atoms with Crippen molar-refractivity contribution in [2.24, 2.45) is 0 Å². The zero-order valence-electron chi connectivity index (χ0n) is 10.4. The molecule has 0 heterocycles. The van der Waals surface area contributed by atoms with Crippen LogP contribution in [0, 0.1) is 0 Å². The summed E-state index contributed by atoms with van der Waals surface area (Å²) in [4.78, 5) is 25.3. The van der Waals surface area contributed by atoms with Gasteiger partial charge in [0, 0.05) is 13.6 Å². The maximum Gasteiger partial charge on any atom is 0.326 e. The van der Waals surface area contributed by atoms with E-state index in [9.17, 15) is 9.59 Å². The lowest BCUT2D eigenvalue weighted by Gasteiger charge is -2.22. The van der Waals surface area contributed by atoms with Gasteiger partial charge in [-0.3, -0.25) is 0 Å². The van der Waals surface area contributed by atoms with Crippen molar-refractivity contribution in [2.75, 3.05) is 34.2 Å². The zero-order chi connectivity index (χ0) is 12.7. The molecule has 0 fully saturated rings. The molecule has 0 aliphatic heterocycles. The van der Waals surface area contributed by atoms with Crippen LogP contribution in [0.3, 0.4) is 0 Å². The largest absolute Gasteiger partial charge is 0.480 e. The Bertz CT molecular complexity index is 243. The van der Waals surface area contributed by atoms with E-state index in [0.29, 0.717) is 6.54 Å². The fraction of sp³-hybridized carbons (Fsp3) is 0.800. The Balaban J connectivity index is 3.84. The van der Waals surface area contributed by atoms with Crippen LogP contribution in [0.2, 0.25) is 0 Å². The van der Waals surface area contributed by atoms with Gasteiger partial charge in [0.25, 0.3) is 0 Å². The van der Waals surface area contributed by atoms with Crippen LogP contribution in [0.4, 0.5) is 4.79 Å². The van der Waals surface area contributed by atoms with Crippen molar-refractivity contribution in [3.8, 4) is 0 Å². The van der Waals surface area contributed by atoms with Crippen molar-refractivity contribution in [3.05, 3.63) is 0 Å². The lowest BCUT2D eigenvalue weighted by molar-refractivity contribution is -0.141. The number of carbonyl (C=O) groups excluding carboxylic acids is 1. The van der Waals surface area contributed by atoms with Crippen LogP contribution in [0.15, 0.2) is 0 Å². The van der Waals surface area contributed by atoms with Crippen molar-refractivity contribution in [1.82, 2.24) is 15.1 Å². The highest BCUT2D eigenvalue weighted by atomic mass is 16.4. The summed E-state index contributed by atoms with van der Waals surface area (Å²) in [6.45, 7) is 2.91. The first-order valence-electron chi connectivity index (χ1n) is 5.24. The molecule has 1 atom stereocenters.